The minimum absolute atomic E-state index is 0.912. The number of para-hydroxylation sites is 1. The highest BCUT2D eigenvalue weighted by molar-refractivity contribution is 7.25. The summed E-state index contributed by atoms with van der Waals surface area (Å²) < 4.78 is 9.07. The summed E-state index contributed by atoms with van der Waals surface area (Å²) in [5.74, 6) is 0. The number of hydrogen-bond donors (Lipinski definition) is 0. The Morgan fingerprint density at radius 1 is 0.465 bits per heavy atom. The summed E-state index contributed by atoms with van der Waals surface area (Å²) in [6, 6.07) is 54.2. The van der Waals surface area contributed by atoms with E-state index in [-0.39, 0.29) is 0 Å². The van der Waals surface area contributed by atoms with Crippen molar-refractivity contribution in [2.45, 2.75) is 0 Å². The van der Waals surface area contributed by atoms with Gasteiger partial charge in [0.05, 0.1) is 0 Å². The maximum atomic E-state index is 6.46. The first-order chi connectivity index (χ1) is 21.3. The molecule has 0 aliphatic carbocycles. The van der Waals surface area contributed by atoms with Crippen molar-refractivity contribution in [3.63, 3.8) is 0 Å². The number of nitrogens with zero attached hydrogens (tertiary/aromatic N) is 1. The third-order valence-electron chi connectivity index (χ3n) is 8.46. The molecule has 202 valence electrons. The van der Waals surface area contributed by atoms with E-state index in [2.05, 4.69) is 157 Å². The van der Waals surface area contributed by atoms with Crippen LogP contribution in [0.3, 0.4) is 0 Å². The van der Waals surface area contributed by atoms with Crippen LogP contribution < -0.4 is 4.90 Å². The van der Waals surface area contributed by atoms with Crippen LogP contribution in [0.25, 0.3) is 64.0 Å². The summed E-state index contributed by atoms with van der Waals surface area (Å²) in [5, 5.41) is 7.27. The van der Waals surface area contributed by atoms with E-state index in [0.717, 1.165) is 50.0 Å². The van der Waals surface area contributed by atoms with Crippen molar-refractivity contribution in [1.82, 2.24) is 0 Å². The van der Waals surface area contributed by atoms with E-state index >= 15 is 0 Å². The highest BCUT2D eigenvalue weighted by Gasteiger charge is 2.17. The first-order valence-corrected chi connectivity index (χ1v) is 15.3. The summed E-state index contributed by atoms with van der Waals surface area (Å²) in [6.07, 6.45) is 0. The molecule has 0 unspecified atom stereocenters. The van der Waals surface area contributed by atoms with E-state index in [0.29, 0.717) is 0 Å². The molecule has 7 aromatic carbocycles. The quantitative estimate of drug-likeness (QED) is 0.210. The molecule has 9 aromatic rings. The Balaban J connectivity index is 1.18. The Morgan fingerprint density at radius 3 is 2.05 bits per heavy atom. The van der Waals surface area contributed by atoms with Crippen LogP contribution in [-0.4, -0.2) is 0 Å². The molecule has 0 atom stereocenters. The Hall–Kier alpha value is -5.38. The van der Waals surface area contributed by atoms with Gasteiger partial charge in [0.2, 0.25) is 0 Å². The molecule has 0 saturated heterocycles. The predicted octanol–water partition coefficient (Wildman–Crippen LogP) is 12.2. The highest BCUT2D eigenvalue weighted by Crippen LogP contribution is 2.42. The van der Waals surface area contributed by atoms with Gasteiger partial charge < -0.3 is 9.32 Å². The fourth-order valence-corrected chi connectivity index (χ4v) is 7.60. The average Bonchev–Trinajstić information content (AvgIpc) is 3.64. The molecule has 9 rings (SSSR count). The number of furan rings is 1. The van der Waals surface area contributed by atoms with Crippen LogP contribution in [0.1, 0.15) is 0 Å². The van der Waals surface area contributed by atoms with Crippen LogP contribution in [0.4, 0.5) is 17.1 Å². The van der Waals surface area contributed by atoms with Gasteiger partial charge in [0.1, 0.15) is 11.2 Å². The van der Waals surface area contributed by atoms with Crippen LogP contribution in [-0.2, 0) is 0 Å². The minimum Gasteiger partial charge on any atom is -0.455 e. The predicted molar refractivity (Wildman–Crippen MR) is 184 cm³/mol. The summed E-state index contributed by atoms with van der Waals surface area (Å²) in [6.45, 7) is 0. The molecule has 3 heteroatoms. The number of anilines is 3. The highest BCUT2D eigenvalue weighted by atomic mass is 32.1. The van der Waals surface area contributed by atoms with Crippen molar-refractivity contribution in [2.24, 2.45) is 0 Å². The summed E-state index contributed by atoms with van der Waals surface area (Å²) in [4.78, 5) is 2.34. The smallest absolute Gasteiger partial charge is 0.143 e. The molecule has 0 aliphatic heterocycles. The van der Waals surface area contributed by atoms with Gasteiger partial charge in [-0.2, -0.15) is 0 Å². The molecule has 0 fully saturated rings. The summed E-state index contributed by atoms with van der Waals surface area (Å²) in [5.41, 5.74) is 7.60. The van der Waals surface area contributed by atoms with E-state index in [1.165, 1.54) is 31.1 Å². The molecule has 0 N–H and O–H groups in total. The van der Waals surface area contributed by atoms with Crippen LogP contribution >= 0.6 is 11.3 Å². The van der Waals surface area contributed by atoms with Gasteiger partial charge in [-0.1, -0.05) is 97.1 Å². The summed E-state index contributed by atoms with van der Waals surface area (Å²) in [7, 11) is 0. The maximum Gasteiger partial charge on any atom is 0.143 e. The third kappa shape index (κ3) is 3.86. The van der Waals surface area contributed by atoms with Crippen molar-refractivity contribution < 1.29 is 4.42 Å². The SMILES string of the molecule is c1ccc(N(c2ccc(-c3cccc4oc5c6ccccc6ccc5c34)cc2)c2ccc3c(c2)sc2ccccc23)cc1. The van der Waals surface area contributed by atoms with Gasteiger partial charge in [0.15, 0.2) is 0 Å². The van der Waals surface area contributed by atoms with Crippen LogP contribution in [0.15, 0.2) is 156 Å². The van der Waals surface area contributed by atoms with Gasteiger partial charge >= 0.3 is 0 Å². The van der Waals surface area contributed by atoms with Crippen molar-refractivity contribution in [3.8, 4) is 11.1 Å². The zero-order valence-electron chi connectivity index (χ0n) is 23.2. The molecule has 0 bridgehead atoms. The second-order valence-electron chi connectivity index (χ2n) is 10.9. The van der Waals surface area contributed by atoms with Crippen LogP contribution in [0.5, 0.6) is 0 Å². The minimum atomic E-state index is 0.912. The molecule has 0 saturated carbocycles. The van der Waals surface area contributed by atoms with Crippen molar-refractivity contribution in [2.75, 3.05) is 4.90 Å². The van der Waals surface area contributed by atoms with E-state index in [1.807, 2.05) is 11.3 Å². The second kappa shape index (κ2) is 9.59. The van der Waals surface area contributed by atoms with Gasteiger partial charge in [-0.05, 0) is 71.1 Å². The van der Waals surface area contributed by atoms with Crippen LogP contribution in [0.2, 0.25) is 0 Å². The fourth-order valence-electron chi connectivity index (χ4n) is 6.46. The van der Waals surface area contributed by atoms with Crippen molar-refractivity contribution in [1.29, 1.82) is 0 Å². The zero-order valence-corrected chi connectivity index (χ0v) is 24.0. The molecule has 2 heterocycles. The number of hydrogen-bond acceptors (Lipinski definition) is 3. The van der Waals surface area contributed by atoms with E-state index < -0.39 is 0 Å². The third-order valence-corrected chi connectivity index (χ3v) is 9.59. The first kappa shape index (κ1) is 24.2. The van der Waals surface area contributed by atoms with Gasteiger partial charge in [0.25, 0.3) is 0 Å². The number of thiophene rings is 1. The van der Waals surface area contributed by atoms with Crippen LogP contribution in [0, 0.1) is 0 Å². The van der Waals surface area contributed by atoms with Gasteiger partial charge in [0, 0.05) is 53.4 Å². The molecular formula is C40H25NOS. The van der Waals surface area contributed by atoms with Gasteiger partial charge in [-0.25, -0.2) is 0 Å². The molecule has 0 aliphatic rings. The maximum absolute atomic E-state index is 6.46. The first-order valence-electron chi connectivity index (χ1n) is 14.5. The lowest BCUT2D eigenvalue weighted by Crippen LogP contribution is -2.09. The van der Waals surface area contributed by atoms with Gasteiger partial charge in [-0.3, -0.25) is 0 Å². The molecule has 2 aromatic heterocycles. The van der Waals surface area contributed by atoms with Gasteiger partial charge in [-0.15, -0.1) is 11.3 Å². The Kier molecular flexibility index (Phi) is 5.40. The second-order valence-corrected chi connectivity index (χ2v) is 12.0. The number of rotatable bonds is 4. The monoisotopic (exact) mass is 567 g/mol. The molecular weight excluding hydrogens is 543 g/mol. The standard InChI is InChI=1S/C40H25NOS/c1-2-10-28(11-3-1)41(30-22-24-34-33-13-6-7-16-37(33)43-38(34)25-30)29-20-17-27(18-21-29)31-14-8-15-36-39(31)35-23-19-26-9-4-5-12-32(26)40(35)42-36/h1-25H. The Labute approximate surface area is 252 Å². The van der Waals surface area contributed by atoms with E-state index in [1.54, 1.807) is 0 Å². The largest absolute Gasteiger partial charge is 0.455 e. The topological polar surface area (TPSA) is 16.4 Å². The zero-order chi connectivity index (χ0) is 28.3. The number of fused-ring (bicyclic) bond motifs is 8. The number of benzene rings is 7. The molecule has 43 heavy (non-hydrogen) atoms. The molecule has 0 radical (unpaired) electrons. The van der Waals surface area contributed by atoms with Crippen molar-refractivity contribution in [3.05, 3.63) is 152 Å². The van der Waals surface area contributed by atoms with E-state index in [9.17, 15) is 0 Å². The molecule has 2 nitrogen and oxygen atoms in total. The fraction of sp³-hybridized carbons (Fsp3) is 0. The lowest BCUT2D eigenvalue weighted by atomic mass is 9.98. The van der Waals surface area contributed by atoms with E-state index in [4.69, 9.17) is 4.42 Å². The lowest BCUT2D eigenvalue weighted by molar-refractivity contribution is 0.673. The summed E-state index contributed by atoms with van der Waals surface area (Å²) >= 11 is 1.85. The normalized spacial score (nSPS) is 11.7. The Morgan fingerprint density at radius 2 is 1.16 bits per heavy atom. The average molecular weight is 568 g/mol. The molecule has 0 amide bonds. The molecule has 0 spiro atoms. The lowest BCUT2D eigenvalue weighted by Gasteiger charge is -2.25. The van der Waals surface area contributed by atoms with Crippen molar-refractivity contribution >= 4 is 81.3 Å². The Bertz CT molecular complexity index is 2450.